The Morgan fingerprint density at radius 3 is 2.94 bits per heavy atom. The SMILES string of the molecule is CCOc1cccc2cc(-c3nnc(NC(=O)C4CCCN4S(=O)(=O)c4cccs4)o3)oc12. The molecule has 4 aromatic rings. The first-order chi connectivity index (χ1) is 16.0. The number of benzene rings is 1. The third kappa shape index (κ3) is 4.01. The molecule has 1 amide bonds. The van der Waals surface area contributed by atoms with E-state index in [-0.39, 0.29) is 22.7 Å². The molecule has 5 rings (SSSR count). The fourth-order valence-electron chi connectivity index (χ4n) is 3.79. The van der Waals surface area contributed by atoms with Crippen LogP contribution in [0.4, 0.5) is 6.01 Å². The number of thiophene rings is 1. The summed E-state index contributed by atoms with van der Waals surface area (Å²) in [6, 6.07) is 9.46. The highest BCUT2D eigenvalue weighted by atomic mass is 32.2. The smallest absolute Gasteiger partial charge is 0.322 e. The highest BCUT2D eigenvalue weighted by Gasteiger charge is 2.40. The van der Waals surface area contributed by atoms with Gasteiger partial charge in [-0.15, -0.1) is 16.4 Å². The number of rotatable bonds is 7. The second-order valence-corrected chi connectivity index (χ2v) is 10.4. The number of carbonyl (C=O) groups is 1. The predicted molar refractivity (Wildman–Crippen MR) is 121 cm³/mol. The third-order valence-electron chi connectivity index (χ3n) is 5.24. The molecule has 1 unspecified atom stereocenters. The molecule has 0 saturated carbocycles. The van der Waals surface area contributed by atoms with Crippen molar-refractivity contribution in [2.45, 2.75) is 30.0 Å². The molecule has 4 heterocycles. The molecule has 12 heteroatoms. The Balaban J connectivity index is 1.34. The number of hydrogen-bond acceptors (Lipinski definition) is 9. The van der Waals surface area contributed by atoms with Gasteiger partial charge in [0.05, 0.1) is 6.61 Å². The molecule has 1 aromatic carbocycles. The van der Waals surface area contributed by atoms with Crippen molar-refractivity contribution in [1.82, 2.24) is 14.5 Å². The average molecular weight is 489 g/mol. The van der Waals surface area contributed by atoms with Crippen LogP contribution in [0.3, 0.4) is 0 Å². The molecule has 0 spiro atoms. The summed E-state index contributed by atoms with van der Waals surface area (Å²) in [5.41, 5.74) is 0.554. The van der Waals surface area contributed by atoms with E-state index in [1.54, 1.807) is 23.6 Å². The molecular formula is C21H20N4O6S2. The van der Waals surface area contributed by atoms with Crippen LogP contribution in [0, 0.1) is 0 Å². The molecule has 172 valence electrons. The Kier molecular flexibility index (Phi) is 5.64. The van der Waals surface area contributed by atoms with Crippen LogP contribution < -0.4 is 10.1 Å². The number of aromatic nitrogens is 2. The third-order valence-corrected chi connectivity index (χ3v) is 8.52. The summed E-state index contributed by atoms with van der Waals surface area (Å²) < 4.78 is 44.2. The van der Waals surface area contributed by atoms with Gasteiger partial charge >= 0.3 is 6.01 Å². The molecule has 1 N–H and O–H groups in total. The number of carbonyl (C=O) groups excluding carboxylic acids is 1. The number of nitrogens with zero attached hydrogens (tertiary/aromatic N) is 3. The molecule has 1 saturated heterocycles. The predicted octanol–water partition coefficient (Wildman–Crippen LogP) is 3.73. The van der Waals surface area contributed by atoms with E-state index in [0.29, 0.717) is 36.5 Å². The van der Waals surface area contributed by atoms with Gasteiger partial charge in [0, 0.05) is 11.9 Å². The van der Waals surface area contributed by atoms with Crippen LogP contribution in [0.1, 0.15) is 19.8 Å². The maximum atomic E-state index is 12.9. The van der Waals surface area contributed by atoms with Crippen LogP contribution in [-0.4, -0.2) is 48.0 Å². The minimum atomic E-state index is -3.75. The summed E-state index contributed by atoms with van der Waals surface area (Å²) in [6.07, 6.45) is 0.986. The molecule has 10 nitrogen and oxygen atoms in total. The molecule has 1 aliphatic heterocycles. The van der Waals surface area contributed by atoms with Crippen molar-refractivity contribution >= 4 is 44.3 Å². The van der Waals surface area contributed by atoms with Crippen LogP contribution >= 0.6 is 11.3 Å². The van der Waals surface area contributed by atoms with Gasteiger partial charge in [-0.05, 0) is 43.3 Å². The monoisotopic (exact) mass is 488 g/mol. The maximum Gasteiger partial charge on any atom is 0.322 e. The van der Waals surface area contributed by atoms with E-state index in [4.69, 9.17) is 13.6 Å². The van der Waals surface area contributed by atoms with Gasteiger partial charge in [0.2, 0.25) is 5.91 Å². The lowest BCUT2D eigenvalue weighted by Crippen LogP contribution is -2.42. The van der Waals surface area contributed by atoms with Gasteiger partial charge in [0.1, 0.15) is 10.3 Å². The van der Waals surface area contributed by atoms with Crippen molar-refractivity contribution in [2.75, 3.05) is 18.5 Å². The Labute approximate surface area is 193 Å². The highest BCUT2D eigenvalue weighted by molar-refractivity contribution is 7.91. The quantitative estimate of drug-likeness (QED) is 0.417. The second-order valence-electron chi connectivity index (χ2n) is 7.33. The van der Waals surface area contributed by atoms with E-state index in [2.05, 4.69) is 15.5 Å². The zero-order valence-electron chi connectivity index (χ0n) is 17.6. The van der Waals surface area contributed by atoms with Crippen molar-refractivity contribution in [3.05, 3.63) is 41.8 Å². The van der Waals surface area contributed by atoms with Crippen LogP contribution in [-0.2, 0) is 14.8 Å². The zero-order valence-corrected chi connectivity index (χ0v) is 19.2. The topological polar surface area (TPSA) is 128 Å². The van der Waals surface area contributed by atoms with Gasteiger partial charge in [0.25, 0.3) is 15.9 Å². The van der Waals surface area contributed by atoms with Crippen molar-refractivity contribution in [3.63, 3.8) is 0 Å². The van der Waals surface area contributed by atoms with E-state index in [9.17, 15) is 13.2 Å². The lowest BCUT2D eigenvalue weighted by Gasteiger charge is -2.21. The molecule has 1 aliphatic rings. The summed E-state index contributed by atoms with van der Waals surface area (Å²) in [5.74, 6) is 0.486. The van der Waals surface area contributed by atoms with Crippen molar-refractivity contribution in [2.24, 2.45) is 0 Å². The first-order valence-electron chi connectivity index (χ1n) is 10.3. The second kappa shape index (κ2) is 8.61. The van der Waals surface area contributed by atoms with Crippen molar-refractivity contribution in [3.8, 4) is 17.4 Å². The fraction of sp³-hybridized carbons (Fsp3) is 0.286. The Morgan fingerprint density at radius 1 is 1.27 bits per heavy atom. The molecule has 0 aliphatic carbocycles. The first kappa shape index (κ1) is 21.6. The summed E-state index contributed by atoms with van der Waals surface area (Å²) in [7, 11) is -3.75. The van der Waals surface area contributed by atoms with Gasteiger partial charge in [0.15, 0.2) is 17.1 Å². The normalized spacial score (nSPS) is 16.9. The molecule has 0 bridgehead atoms. The van der Waals surface area contributed by atoms with Crippen LogP contribution in [0.2, 0.25) is 0 Å². The largest absolute Gasteiger partial charge is 0.490 e. The number of hydrogen-bond donors (Lipinski definition) is 1. The first-order valence-corrected chi connectivity index (χ1v) is 12.6. The number of nitrogens with one attached hydrogen (secondary N) is 1. The van der Waals surface area contributed by atoms with E-state index < -0.39 is 22.0 Å². The molecule has 1 atom stereocenters. The minimum absolute atomic E-state index is 0.0819. The Morgan fingerprint density at radius 2 is 2.15 bits per heavy atom. The standard InChI is InChI=1S/C21H20N4O6S2/c1-2-29-15-8-3-6-13-12-16(30-18(13)15)20-23-24-21(31-20)22-19(26)14-7-4-10-25(14)33(27,28)17-9-5-11-32-17/h3,5-6,8-9,11-12,14H,2,4,7,10H2,1H3,(H,22,24,26). The van der Waals surface area contributed by atoms with Crippen LogP contribution in [0.15, 0.2) is 54.8 Å². The van der Waals surface area contributed by atoms with E-state index >= 15 is 0 Å². The molecule has 1 fully saturated rings. The van der Waals surface area contributed by atoms with Crippen molar-refractivity contribution < 1.29 is 26.8 Å². The number of amides is 1. The summed E-state index contributed by atoms with van der Waals surface area (Å²) in [5, 5.41) is 12.8. The number of para-hydroxylation sites is 1. The number of furan rings is 1. The van der Waals surface area contributed by atoms with Crippen LogP contribution in [0.25, 0.3) is 22.6 Å². The average Bonchev–Trinajstić information content (AvgIpc) is 3.60. The van der Waals surface area contributed by atoms with Gasteiger partial charge in [-0.2, -0.15) is 4.31 Å². The summed E-state index contributed by atoms with van der Waals surface area (Å²) in [6.45, 7) is 2.65. The van der Waals surface area contributed by atoms with E-state index in [0.717, 1.165) is 16.7 Å². The molecular weight excluding hydrogens is 468 g/mol. The number of fused-ring (bicyclic) bond motifs is 1. The lowest BCUT2D eigenvalue weighted by atomic mass is 10.2. The van der Waals surface area contributed by atoms with Gasteiger partial charge in [-0.3, -0.25) is 10.1 Å². The van der Waals surface area contributed by atoms with Gasteiger partial charge < -0.3 is 13.6 Å². The number of sulfonamides is 1. The lowest BCUT2D eigenvalue weighted by molar-refractivity contribution is -0.119. The Hall–Kier alpha value is -3.22. The molecule has 3 aromatic heterocycles. The minimum Gasteiger partial charge on any atom is -0.490 e. The molecule has 0 radical (unpaired) electrons. The molecule has 33 heavy (non-hydrogen) atoms. The summed E-state index contributed by atoms with van der Waals surface area (Å²) in [4.78, 5) is 12.9. The number of ether oxygens (including phenoxy) is 1. The van der Waals surface area contributed by atoms with E-state index in [1.165, 1.54) is 10.4 Å². The van der Waals surface area contributed by atoms with Crippen molar-refractivity contribution in [1.29, 1.82) is 0 Å². The Bertz CT molecular complexity index is 1390. The maximum absolute atomic E-state index is 12.9. The number of anilines is 1. The van der Waals surface area contributed by atoms with Gasteiger partial charge in [-0.1, -0.05) is 23.3 Å². The van der Waals surface area contributed by atoms with Crippen LogP contribution in [0.5, 0.6) is 5.75 Å². The highest BCUT2D eigenvalue weighted by Crippen LogP contribution is 2.34. The fourth-order valence-corrected chi connectivity index (χ4v) is 6.56. The zero-order chi connectivity index (χ0) is 23.0. The van der Waals surface area contributed by atoms with Gasteiger partial charge in [-0.25, -0.2) is 8.42 Å². The summed E-state index contributed by atoms with van der Waals surface area (Å²) >= 11 is 1.12. The van der Waals surface area contributed by atoms with E-state index in [1.807, 2.05) is 19.1 Å².